The highest BCUT2D eigenvalue weighted by molar-refractivity contribution is 5.85. The van der Waals surface area contributed by atoms with Gasteiger partial charge in [-0.1, -0.05) is 26.0 Å². The largest absolute Gasteiger partial charge is 0.481 e. The van der Waals surface area contributed by atoms with Gasteiger partial charge in [-0.15, -0.1) is 0 Å². The second-order valence-corrected chi connectivity index (χ2v) is 6.13. The molecule has 1 amide bonds. The fraction of sp³-hybridized carbons (Fsp3) is 0.714. The second-order valence-electron chi connectivity index (χ2n) is 6.13. The number of carbonyl (C=O) groups excluding carboxylic acids is 1. The number of hydrogen-bond acceptors (Lipinski definition) is 2. The zero-order chi connectivity index (χ0) is 13.3. The summed E-state index contributed by atoms with van der Waals surface area (Å²) in [4.78, 5) is 23.2. The third-order valence-electron chi connectivity index (χ3n) is 4.33. The highest BCUT2D eigenvalue weighted by atomic mass is 16.4. The molecule has 2 aliphatic carbocycles. The molecule has 1 saturated carbocycles. The minimum atomic E-state index is -0.869. The molecule has 4 nitrogen and oxygen atoms in total. The van der Waals surface area contributed by atoms with Crippen LogP contribution in [0.15, 0.2) is 12.2 Å². The van der Waals surface area contributed by atoms with E-state index < -0.39 is 17.8 Å². The Balaban J connectivity index is 1.87. The van der Waals surface area contributed by atoms with Gasteiger partial charge in [-0.3, -0.25) is 9.59 Å². The van der Waals surface area contributed by atoms with Crippen molar-refractivity contribution >= 4 is 11.9 Å². The fourth-order valence-corrected chi connectivity index (χ4v) is 2.66. The molecule has 3 atom stereocenters. The lowest BCUT2D eigenvalue weighted by Gasteiger charge is -2.24. The Labute approximate surface area is 107 Å². The number of carboxylic acid groups (broad SMARTS) is 1. The van der Waals surface area contributed by atoms with Gasteiger partial charge in [-0.25, -0.2) is 0 Å². The van der Waals surface area contributed by atoms with Gasteiger partial charge in [0.1, 0.15) is 0 Å². The minimum absolute atomic E-state index is 0.102. The molecule has 100 valence electrons. The van der Waals surface area contributed by atoms with Gasteiger partial charge < -0.3 is 10.4 Å². The van der Waals surface area contributed by atoms with Gasteiger partial charge in [0, 0.05) is 6.54 Å². The molecule has 18 heavy (non-hydrogen) atoms. The Hall–Kier alpha value is -1.32. The Morgan fingerprint density at radius 2 is 1.83 bits per heavy atom. The van der Waals surface area contributed by atoms with E-state index in [1.807, 2.05) is 12.2 Å². The van der Waals surface area contributed by atoms with Crippen LogP contribution in [0.3, 0.4) is 0 Å². The Kier molecular flexibility index (Phi) is 3.46. The van der Waals surface area contributed by atoms with Crippen molar-refractivity contribution in [1.82, 2.24) is 5.32 Å². The van der Waals surface area contributed by atoms with Crippen LogP contribution >= 0.6 is 0 Å². The molecule has 0 heterocycles. The molecular weight excluding hydrogens is 230 g/mol. The summed E-state index contributed by atoms with van der Waals surface area (Å²) in [5.74, 6) is -1.40. The Morgan fingerprint density at radius 3 is 2.33 bits per heavy atom. The predicted molar refractivity (Wildman–Crippen MR) is 67.9 cm³/mol. The van der Waals surface area contributed by atoms with Gasteiger partial charge in [0.05, 0.1) is 11.8 Å². The lowest BCUT2D eigenvalue weighted by molar-refractivity contribution is -0.147. The highest BCUT2D eigenvalue weighted by Crippen LogP contribution is 2.51. The zero-order valence-corrected chi connectivity index (χ0v) is 11.0. The van der Waals surface area contributed by atoms with E-state index in [2.05, 4.69) is 19.2 Å². The molecule has 1 fully saturated rings. The third-order valence-corrected chi connectivity index (χ3v) is 4.33. The smallest absolute Gasteiger partial charge is 0.307 e. The Bertz CT molecular complexity index is 387. The number of aliphatic carboxylic acids is 1. The van der Waals surface area contributed by atoms with Crippen LogP contribution in [0.4, 0.5) is 0 Å². The first-order valence-corrected chi connectivity index (χ1v) is 6.57. The van der Waals surface area contributed by atoms with E-state index in [4.69, 9.17) is 5.11 Å². The minimum Gasteiger partial charge on any atom is -0.481 e. The Morgan fingerprint density at radius 1 is 1.28 bits per heavy atom. The van der Waals surface area contributed by atoms with Crippen LogP contribution in [-0.4, -0.2) is 23.5 Å². The normalized spacial score (nSPS) is 32.9. The molecule has 0 aromatic carbocycles. The molecule has 4 heteroatoms. The van der Waals surface area contributed by atoms with Gasteiger partial charge in [-0.05, 0) is 30.6 Å². The predicted octanol–water partition coefficient (Wildman–Crippen LogP) is 1.82. The van der Waals surface area contributed by atoms with Crippen molar-refractivity contribution < 1.29 is 14.7 Å². The summed E-state index contributed by atoms with van der Waals surface area (Å²) in [5, 5.41) is 12.0. The first-order valence-electron chi connectivity index (χ1n) is 6.57. The van der Waals surface area contributed by atoms with E-state index in [0.717, 1.165) is 6.42 Å². The van der Waals surface area contributed by atoms with Crippen LogP contribution in [0.25, 0.3) is 0 Å². The lowest BCUT2D eigenvalue weighted by Crippen LogP contribution is -2.39. The van der Waals surface area contributed by atoms with Crippen molar-refractivity contribution in [3.05, 3.63) is 12.2 Å². The summed E-state index contributed by atoms with van der Waals surface area (Å²) in [7, 11) is 0. The van der Waals surface area contributed by atoms with Crippen LogP contribution in [0.5, 0.6) is 0 Å². The van der Waals surface area contributed by atoms with E-state index in [1.54, 1.807) is 0 Å². The molecule has 0 saturated heterocycles. The van der Waals surface area contributed by atoms with E-state index in [1.165, 1.54) is 0 Å². The van der Waals surface area contributed by atoms with E-state index in [9.17, 15) is 9.59 Å². The maximum atomic E-state index is 12.0. The van der Waals surface area contributed by atoms with Gasteiger partial charge in [0.15, 0.2) is 0 Å². The molecule has 0 aromatic heterocycles. The van der Waals surface area contributed by atoms with E-state index in [0.29, 0.717) is 30.7 Å². The monoisotopic (exact) mass is 251 g/mol. The van der Waals surface area contributed by atoms with Crippen LogP contribution < -0.4 is 5.32 Å². The van der Waals surface area contributed by atoms with Crippen molar-refractivity contribution in [2.45, 2.75) is 33.1 Å². The molecule has 2 aliphatic rings. The first-order chi connectivity index (χ1) is 8.42. The van der Waals surface area contributed by atoms with Crippen LogP contribution in [0, 0.1) is 23.2 Å². The maximum absolute atomic E-state index is 12.0. The molecule has 0 bridgehead atoms. The van der Waals surface area contributed by atoms with Crippen LogP contribution in [-0.2, 0) is 9.59 Å². The molecule has 0 radical (unpaired) electrons. The topological polar surface area (TPSA) is 66.4 Å². The van der Waals surface area contributed by atoms with E-state index in [-0.39, 0.29) is 5.91 Å². The number of hydrogen-bond donors (Lipinski definition) is 2. The summed E-state index contributed by atoms with van der Waals surface area (Å²) in [6, 6.07) is 0. The number of rotatable bonds is 4. The number of amides is 1. The molecule has 0 aromatic rings. The summed E-state index contributed by atoms with van der Waals surface area (Å²) in [6.45, 7) is 5.05. The van der Waals surface area contributed by atoms with Crippen molar-refractivity contribution in [1.29, 1.82) is 0 Å². The molecule has 2 N–H and O–H groups in total. The maximum Gasteiger partial charge on any atom is 0.307 e. The SMILES string of the molecule is CC1(C)CC1CNC(=O)[C@@H]1CC=CC[C@@H]1C(=O)O. The zero-order valence-electron chi connectivity index (χ0n) is 11.0. The van der Waals surface area contributed by atoms with Crippen LogP contribution in [0.2, 0.25) is 0 Å². The van der Waals surface area contributed by atoms with Crippen molar-refractivity contribution in [2.75, 3.05) is 6.54 Å². The number of carbonyl (C=O) groups is 2. The van der Waals surface area contributed by atoms with Crippen LogP contribution in [0.1, 0.15) is 33.1 Å². The second kappa shape index (κ2) is 4.75. The van der Waals surface area contributed by atoms with Gasteiger partial charge >= 0.3 is 5.97 Å². The number of nitrogens with one attached hydrogen (secondary N) is 1. The van der Waals surface area contributed by atoms with Crippen molar-refractivity contribution in [3.8, 4) is 0 Å². The van der Waals surface area contributed by atoms with E-state index >= 15 is 0 Å². The molecule has 0 spiro atoms. The summed E-state index contributed by atoms with van der Waals surface area (Å²) < 4.78 is 0. The fourth-order valence-electron chi connectivity index (χ4n) is 2.66. The summed E-state index contributed by atoms with van der Waals surface area (Å²) in [6.07, 6.45) is 5.90. The van der Waals surface area contributed by atoms with Gasteiger partial charge in [0.2, 0.25) is 5.91 Å². The quantitative estimate of drug-likeness (QED) is 0.749. The average Bonchev–Trinajstić information content (AvgIpc) is 2.94. The number of carboxylic acids is 1. The van der Waals surface area contributed by atoms with Crippen molar-refractivity contribution in [2.24, 2.45) is 23.2 Å². The molecule has 2 rings (SSSR count). The van der Waals surface area contributed by atoms with Gasteiger partial charge in [-0.2, -0.15) is 0 Å². The lowest BCUT2D eigenvalue weighted by atomic mass is 9.82. The van der Waals surface area contributed by atoms with Gasteiger partial charge in [0.25, 0.3) is 0 Å². The standard InChI is InChI=1S/C14H21NO3/c1-14(2)7-9(14)8-15-12(16)10-5-3-4-6-11(10)13(17)18/h3-4,9-11H,5-8H2,1-2H3,(H,15,16)(H,17,18)/t9?,10-,11+/m1/s1. The highest BCUT2D eigenvalue weighted by Gasteiger charge is 2.45. The van der Waals surface area contributed by atoms with Crippen molar-refractivity contribution in [3.63, 3.8) is 0 Å². The third kappa shape index (κ3) is 2.74. The first kappa shape index (κ1) is 13.1. The molecule has 1 unspecified atom stereocenters. The molecule has 0 aliphatic heterocycles. The summed E-state index contributed by atoms with van der Waals surface area (Å²) >= 11 is 0. The number of allylic oxidation sites excluding steroid dienone is 2. The average molecular weight is 251 g/mol. The summed E-state index contributed by atoms with van der Waals surface area (Å²) in [5.41, 5.74) is 0.339. The molecular formula is C14H21NO3.